The first-order chi connectivity index (χ1) is 12.3. The van der Waals surface area contributed by atoms with Crippen molar-refractivity contribution in [2.24, 2.45) is 11.8 Å². The van der Waals surface area contributed by atoms with Gasteiger partial charge in [-0.3, -0.25) is 4.79 Å². The van der Waals surface area contributed by atoms with E-state index in [2.05, 4.69) is 0 Å². The lowest BCUT2D eigenvalue weighted by atomic mass is 9.76. The molecular formula is C22H30O4. The number of benzene rings is 1. The Morgan fingerprint density at radius 3 is 2.15 bits per heavy atom. The summed E-state index contributed by atoms with van der Waals surface area (Å²) >= 11 is 0. The van der Waals surface area contributed by atoms with Gasteiger partial charge in [-0.15, -0.1) is 0 Å². The molecule has 26 heavy (non-hydrogen) atoms. The molecule has 4 nitrogen and oxygen atoms in total. The van der Waals surface area contributed by atoms with E-state index in [-0.39, 0.29) is 23.8 Å². The van der Waals surface area contributed by atoms with Crippen molar-refractivity contribution in [3.63, 3.8) is 0 Å². The van der Waals surface area contributed by atoms with E-state index in [0.717, 1.165) is 36.8 Å². The first-order valence-corrected chi connectivity index (χ1v) is 9.46. The molecule has 0 amide bonds. The summed E-state index contributed by atoms with van der Waals surface area (Å²) in [5.41, 5.74) is 1.60. The highest BCUT2D eigenvalue weighted by atomic mass is 16.6. The molecule has 0 atom stereocenters. The predicted molar refractivity (Wildman–Crippen MR) is 102 cm³/mol. The van der Waals surface area contributed by atoms with Crippen molar-refractivity contribution in [3.8, 4) is 0 Å². The van der Waals surface area contributed by atoms with Crippen LogP contribution in [0.2, 0.25) is 0 Å². The largest absolute Gasteiger partial charge is 0.463 e. The zero-order valence-electron chi connectivity index (χ0n) is 16.3. The molecule has 1 aliphatic rings. The Labute approximate surface area is 156 Å². The average Bonchev–Trinajstić information content (AvgIpc) is 2.59. The molecule has 0 aromatic heterocycles. The zero-order valence-corrected chi connectivity index (χ0v) is 16.3. The lowest BCUT2D eigenvalue weighted by molar-refractivity contribution is -0.161. The normalized spacial score (nSPS) is 21.2. The Morgan fingerprint density at radius 1 is 1.04 bits per heavy atom. The van der Waals surface area contributed by atoms with E-state index < -0.39 is 5.60 Å². The van der Waals surface area contributed by atoms with Crippen LogP contribution in [-0.2, 0) is 19.1 Å². The maximum Gasteiger partial charge on any atom is 0.331 e. The van der Waals surface area contributed by atoms with Crippen LogP contribution < -0.4 is 0 Å². The van der Waals surface area contributed by atoms with E-state index in [9.17, 15) is 9.59 Å². The molecule has 0 spiro atoms. The van der Waals surface area contributed by atoms with Crippen LogP contribution in [0.25, 0.3) is 5.57 Å². The standard InChI is InChI=1S/C22H30O4/c1-5-25-20(23)15-19(16-9-7-6-8-10-16)17-11-13-18(14-12-17)21(24)26-22(2,3)4/h6-10,15,17-18H,5,11-14H2,1-4H3/b19-15+. The number of ether oxygens (including phenoxy) is 2. The van der Waals surface area contributed by atoms with Crippen molar-refractivity contribution in [2.45, 2.75) is 59.0 Å². The van der Waals surface area contributed by atoms with Crippen molar-refractivity contribution < 1.29 is 19.1 Å². The molecule has 0 N–H and O–H groups in total. The Balaban J connectivity index is 2.09. The fraction of sp³-hybridized carbons (Fsp3) is 0.545. The number of allylic oxidation sites excluding steroid dienone is 1. The minimum atomic E-state index is -0.451. The van der Waals surface area contributed by atoms with E-state index in [1.165, 1.54) is 0 Å². The fourth-order valence-corrected chi connectivity index (χ4v) is 3.40. The Bertz CT molecular complexity index is 632. The van der Waals surface area contributed by atoms with Crippen molar-refractivity contribution in [2.75, 3.05) is 6.61 Å². The summed E-state index contributed by atoms with van der Waals surface area (Å²) < 4.78 is 10.6. The molecule has 0 aliphatic heterocycles. The third-order valence-electron chi connectivity index (χ3n) is 4.57. The highest BCUT2D eigenvalue weighted by Gasteiger charge is 2.31. The van der Waals surface area contributed by atoms with Crippen molar-refractivity contribution in [1.82, 2.24) is 0 Å². The van der Waals surface area contributed by atoms with Gasteiger partial charge < -0.3 is 9.47 Å². The Morgan fingerprint density at radius 2 is 1.62 bits per heavy atom. The van der Waals surface area contributed by atoms with Gasteiger partial charge in [-0.2, -0.15) is 0 Å². The van der Waals surface area contributed by atoms with Crippen molar-refractivity contribution in [1.29, 1.82) is 0 Å². The lowest BCUT2D eigenvalue weighted by Crippen LogP contribution is -2.31. The van der Waals surface area contributed by atoms with Crippen molar-refractivity contribution >= 4 is 17.5 Å². The summed E-state index contributed by atoms with van der Waals surface area (Å²) in [4.78, 5) is 24.3. The molecule has 1 saturated carbocycles. The molecule has 0 bridgehead atoms. The molecular weight excluding hydrogens is 328 g/mol. The van der Waals surface area contributed by atoms with Gasteiger partial charge in [0, 0.05) is 6.08 Å². The molecule has 0 saturated heterocycles. The first-order valence-electron chi connectivity index (χ1n) is 9.46. The van der Waals surface area contributed by atoms with Gasteiger partial charge in [0.25, 0.3) is 0 Å². The third kappa shape index (κ3) is 6.01. The quantitative estimate of drug-likeness (QED) is 0.561. The number of esters is 2. The van der Waals surface area contributed by atoms with E-state index in [1.807, 2.05) is 51.1 Å². The molecule has 142 valence electrons. The number of hydrogen-bond acceptors (Lipinski definition) is 4. The summed E-state index contributed by atoms with van der Waals surface area (Å²) in [6, 6.07) is 9.95. The summed E-state index contributed by atoms with van der Waals surface area (Å²) in [6.45, 7) is 7.85. The van der Waals surface area contributed by atoms with Gasteiger partial charge in [-0.25, -0.2) is 4.79 Å². The molecule has 0 heterocycles. The molecule has 0 unspecified atom stereocenters. The lowest BCUT2D eigenvalue weighted by Gasteiger charge is -2.31. The molecule has 4 heteroatoms. The zero-order chi connectivity index (χ0) is 19.2. The summed E-state index contributed by atoms with van der Waals surface area (Å²) in [5, 5.41) is 0. The highest BCUT2D eigenvalue weighted by Crippen LogP contribution is 2.38. The van der Waals surface area contributed by atoms with Crippen LogP contribution >= 0.6 is 0 Å². The molecule has 1 aliphatic carbocycles. The predicted octanol–water partition coefficient (Wildman–Crippen LogP) is 4.78. The SMILES string of the molecule is CCOC(=O)/C=C(\c1ccccc1)C1CCC(C(=O)OC(C)(C)C)CC1. The third-order valence-corrected chi connectivity index (χ3v) is 4.57. The summed E-state index contributed by atoms with van der Waals surface area (Å²) in [6.07, 6.45) is 4.92. The van der Waals surface area contributed by atoms with Gasteiger partial charge in [0.05, 0.1) is 12.5 Å². The second kappa shape index (κ2) is 9.02. The van der Waals surface area contributed by atoms with E-state index in [4.69, 9.17) is 9.47 Å². The number of hydrogen-bond donors (Lipinski definition) is 0. The van der Waals surface area contributed by atoms with Gasteiger partial charge in [-0.1, -0.05) is 30.3 Å². The summed E-state index contributed by atoms with van der Waals surface area (Å²) in [5.74, 6) is -0.210. The second-order valence-electron chi connectivity index (χ2n) is 7.80. The smallest absolute Gasteiger partial charge is 0.331 e. The summed E-state index contributed by atoms with van der Waals surface area (Å²) in [7, 11) is 0. The Kier molecular flexibility index (Phi) is 7.01. The van der Waals surface area contributed by atoms with Crippen LogP contribution in [0.15, 0.2) is 36.4 Å². The van der Waals surface area contributed by atoms with Gasteiger partial charge >= 0.3 is 11.9 Å². The van der Waals surface area contributed by atoms with Crippen LogP contribution in [0, 0.1) is 11.8 Å². The highest BCUT2D eigenvalue weighted by molar-refractivity contribution is 5.92. The molecule has 1 aromatic rings. The monoisotopic (exact) mass is 358 g/mol. The molecule has 2 rings (SSSR count). The Hall–Kier alpha value is -2.10. The van der Waals surface area contributed by atoms with Gasteiger partial charge in [0.2, 0.25) is 0 Å². The van der Waals surface area contributed by atoms with Crippen LogP contribution in [-0.4, -0.2) is 24.1 Å². The maximum atomic E-state index is 12.3. The van der Waals surface area contributed by atoms with Gasteiger partial charge in [-0.05, 0) is 70.4 Å². The topological polar surface area (TPSA) is 52.6 Å². The van der Waals surface area contributed by atoms with Crippen LogP contribution in [0.3, 0.4) is 0 Å². The number of carbonyl (C=O) groups excluding carboxylic acids is 2. The minimum Gasteiger partial charge on any atom is -0.463 e. The molecule has 1 fully saturated rings. The van der Waals surface area contributed by atoms with Crippen LogP contribution in [0.5, 0.6) is 0 Å². The van der Waals surface area contributed by atoms with Crippen molar-refractivity contribution in [3.05, 3.63) is 42.0 Å². The molecule has 0 radical (unpaired) electrons. The van der Waals surface area contributed by atoms with Gasteiger partial charge in [0.1, 0.15) is 5.60 Å². The number of rotatable bonds is 5. The van der Waals surface area contributed by atoms with Crippen LogP contribution in [0.1, 0.15) is 58.9 Å². The van der Waals surface area contributed by atoms with E-state index >= 15 is 0 Å². The number of carbonyl (C=O) groups is 2. The molecule has 1 aromatic carbocycles. The minimum absolute atomic E-state index is 0.0508. The maximum absolute atomic E-state index is 12.3. The fourth-order valence-electron chi connectivity index (χ4n) is 3.40. The van der Waals surface area contributed by atoms with Gasteiger partial charge in [0.15, 0.2) is 0 Å². The first kappa shape index (κ1) is 20.2. The average molecular weight is 358 g/mol. The van der Waals surface area contributed by atoms with Crippen LogP contribution in [0.4, 0.5) is 0 Å². The second-order valence-corrected chi connectivity index (χ2v) is 7.80. The van der Waals surface area contributed by atoms with E-state index in [0.29, 0.717) is 6.61 Å². The van der Waals surface area contributed by atoms with E-state index in [1.54, 1.807) is 13.0 Å².